The van der Waals surface area contributed by atoms with E-state index in [4.69, 9.17) is 13.8 Å². The molecule has 122 valence electrons. The van der Waals surface area contributed by atoms with E-state index in [-0.39, 0.29) is 11.2 Å². The molecule has 1 aromatic carbocycles. The summed E-state index contributed by atoms with van der Waals surface area (Å²) in [6.07, 6.45) is 1.02. The maximum atomic E-state index is 6.17. The molecule has 4 nitrogen and oxygen atoms in total. The Labute approximate surface area is 138 Å². The summed E-state index contributed by atoms with van der Waals surface area (Å²) >= 11 is 0. The second-order valence-electron chi connectivity index (χ2n) is 7.14. The average molecular weight is 313 g/mol. The smallest absolute Gasteiger partial charge is 0.399 e. The third kappa shape index (κ3) is 2.72. The molecular formula is C18H24BNO3. The molecule has 3 rings (SSSR count). The first-order valence-corrected chi connectivity index (χ1v) is 8.16. The van der Waals surface area contributed by atoms with Crippen LogP contribution in [0.4, 0.5) is 0 Å². The van der Waals surface area contributed by atoms with Gasteiger partial charge in [0.2, 0.25) is 0 Å². The van der Waals surface area contributed by atoms with E-state index in [1.165, 1.54) is 5.56 Å². The number of rotatable bonds is 3. The molecule has 0 spiro atoms. The average Bonchev–Trinajstić information content (AvgIpc) is 2.96. The highest BCUT2D eigenvalue weighted by Gasteiger charge is 2.53. The van der Waals surface area contributed by atoms with E-state index in [1.54, 1.807) is 0 Å². The molecule has 1 aliphatic rings. The van der Waals surface area contributed by atoms with E-state index in [0.717, 1.165) is 28.9 Å². The van der Waals surface area contributed by atoms with E-state index >= 15 is 0 Å². The Bertz CT molecular complexity index is 688. The number of aromatic nitrogens is 1. The molecule has 5 heteroatoms. The lowest BCUT2D eigenvalue weighted by molar-refractivity contribution is 0.00578. The summed E-state index contributed by atoms with van der Waals surface area (Å²) in [6, 6.07) is 8.39. The molecule has 0 bridgehead atoms. The second-order valence-corrected chi connectivity index (χ2v) is 7.14. The highest BCUT2D eigenvalue weighted by atomic mass is 16.7. The number of hydrogen-bond acceptors (Lipinski definition) is 4. The molecule has 23 heavy (non-hydrogen) atoms. The summed E-state index contributed by atoms with van der Waals surface area (Å²) in [6.45, 7) is 12.2. The van der Waals surface area contributed by atoms with Gasteiger partial charge in [0.25, 0.3) is 0 Å². The number of aryl methyl sites for hydroxylation is 2. The van der Waals surface area contributed by atoms with Gasteiger partial charge in [-0.15, -0.1) is 0 Å². The van der Waals surface area contributed by atoms with Gasteiger partial charge in [0, 0.05) is 5.56 Å². The SMILES string of the molecule is CCc1ccc(-c2noc(C)c2B2OC(C)(C)C(C)(C)O2)cc1. The van der Waals surface area contributed by atoms with E-state index in [9.17, 15) is 0 Å². The lowest BCUT2D eigenvalue weighted by atomic mass is 9.76. The molecule has 0 unspecified atom stereocenters. The molecule has 0 amide bonds. The normalized spacial score (nSPS) is 19.3. The zero-order valence-electron chi connectivity index (χ0n) is 14.8. The van der Waals surface area contributed by atoms with Crippen molar-refractivity contribution in [3.63, 3.8) is 0 Å². The fourth-order valence-corrected chi connectivity index (χ4v) is 2.72. The fourth-order valence-electron chi connectivity index (χ4n) is 2.72. The fraction of sp³-hybridized carbons (Fsp3) is 0.500. The predicted molar refractivity (Wildman–Crippen MR) is 91.8 cm³/mol. The van der Waals surface area contributed by atoms with Crippen LogP contribution >= 0.6 is 0 Å². The van der Waals surface area contributed by atoms with Gasteiger partial charge in [0.05, 0.1) is 16.7 Å². The topological polar surface area (TPSA) is 44.5 Å². The van der Waals surface area contributed by atoms with E-state index in [0.29, 0.717) is 0 Å². The molecule has 1 fully saturated rings. The van der Waals surface area contributed by atoms with Gasteiger partial charge in [-0.05, 0) is 46.6 Å². The van der Waals surface area contributed by atoms with Crippen molar-refractivity contribution < 1.29 is 13.8 Å². The van der Waals surface area contributed by atoms with Crippen molar-refractivity contribution in [2.75, 3.05) is 0 Å². The number of hydrogen-bond donors (Lipinski definition) is 0. The van der Waals surface area contributed by atoms with Crippen molar-refractivity contribution in [2.45, 2.75) is 59.2 Å². The summed E-state index contributed by atoms with van der Waals surface area (Å²) in [5, 5.41) is 4.25. The van der Waals surface area contributed by atoms with Gasteiger partial charge < -0.3 is 13.8 Å². The van der Waals surface area contributed by atoms with Gasteiger partial charge in [-0.1, -0.05) is 36.3 Å². The lowest BCUT2D eigenvalue weighted by Gasteiger charge is -2.32. The Morgan fingerprint density at radius 2 is 1.57 bits per heavy atom. The van der Waals surface area contributed by atoms with Crippen LogP contribution in [-0.4, -0.2) is 23.5 Å². The van der Waals surface area contributed by atoms with Crippen molar-refractivity contribution in [1.29, 1.82) is 0 Å². The Balaban J connectivity index is 2.00. The minimum absolute atomic E-state index is 0.384. The van der Waals surface area contributed by atoms with Crippen LogP contribution in [-0.2, 0) is 15.7 Å². The first-order valence-electron chi connectivity index (χ1n) is 8.16. The van der Waals surface area contributed by atoms with Crippen molar-refractivity contribution in [3.8, 4) is 11.3 Å². The zero-order valence-corrected chi connectivity index (χ0v) is 14.8. The third-order valence-corrected chi connectivity index (χ3v) is 5.03. The molecule has 1 aliphatic heterocycles. The highest BCUT2D eigenvalue weighted by molar-refractivity contribution is 6.64. The van der Waals surface area contributed by atoms with E-state index < -0.39 is 7.12 Å². The summed E-state index contributed by atoms with van der Waals surface area (Å²) in [7, 11) is -0.466. The molecule has 2 heterocycles. The van der Waals surface area contributed by atoms with E-state index in [2.05, 4.69) is 36.3 Å². The molecule has 1 aromatic heterocycles. The van der Waals surface area contributed by atoms with Crippen LogP contribution in [0.2, 0.25) is 0 Å². The van der Waals surface area contributed by atoms with Crippen molar-refractivity contribution in [2.24, 2.45) is 0 Å². The molecule has 0 atom stereocenters. The van der Waals surface area contributed by atoms with Crippen molar-refractivity contribution in [1.82, 2.24) is 5.16 Å². The first kappa shape index (κ1) is 16.3. The Morgan fingerprint density at radius 1 is 1.00 bits per heavy atom. The molecule has 0 radical (unpaired) electrons. The summed E-state index contributed by atoms with van der Waals surface area (Å²) in [5.74, 6) is 0.734. The van der Waals surface area contributed by atoms with Crippen molar-refractivity contribution in [3.05, 3.63) is 35.6 Å². The van der Waals surface area contributed by atoms with Gasteiger partial charge in [0.15, 0.2) is 0 Å². The minimum Gasteiger partial charge on any atom is -0.399 e. The number of benzene rings is 1. The van der Waals surface area contributed by atoms with Gasteiger partial charge >= 0.3 is 7.12 Å². The number of nitrogens with zero attached hydrogens (tertiary/aromatic N) is 1. The molecule has 0 N–H and O–H groups in total. The van der Waals surface area contributed by atoms with Crippen LogP contribution in [0.5, 0.6) is 0 Å². The maximum absolute atomic E-state index is 6.17. The van der Waals surface area contributed by atoms with Gasteiger partial charge in [0.1, 0.15) is 11.5 Å². The van der Waals surface area contributed by atoms with Gasteiger partial charge in [-0.3, -0.25) is 0 Å². The molecule has 0 aliphatic carbocycles. The molecule has 2 aromatic rings. The Kier molecular flexibility index (Phi) is 3.89. The van der Waals surface area contributed by atoms with E-state index in [1.807, 2.05) is 34.6 Å². The molecular weight excluding hydrogens is 289 g/mol. The monoisotopic (exact) mass is 313 g/mol. The van der Waals surface area contributed by atoms with Crippen LogP contribution in [0, 0.1) is 6.92 Å². The van der Waals surface area contributed by atoms with Crippen molar-refractivity contribution >= 4 is 12.6 Å². The summed E-state index contributed by atoms with van der Waals surface area (Å²) in [4.78, 5) is 0. The standard InChI is InChI=1S/C18H24BNO3/c1-7-13-8-10-14(11-9-13)16-15(12(2)21-20-16)19-22-17(3,4)18(5,6)23-19/h8-11H,7H2,1-6H3. The zero-order chi connectivity index (χ0) is 16.8. The quantitative estimate of drug-likeness (QED) is 0.813. The Morgan fingerprint density at radius 3 is 2.09 bits per heavy atom. The van der Waals surface area contributed by atoms with Crippen LogP contribution < -0.4 is 5.46 Å². The minimum atomic E-state index is -0.466. The third-order valence-electron chi connectivity index (χ3n) is 5.03. The summed E-state index contributed by atoms with van der Waals surface area (Å²) in [5.41, 5.74) is 3.22. The van der Waals surface area contributed by atoms with Gasteiger partial charge in [-0.2, -0.15) is 0 Å². The maximum Gasteiger partial charge on any atom is 0.500 e. The summed E-state index contributed by atoms with van der Waals surface area (Å²) < 4.78 is 17.8. The molecule has 1 saturated heterocycles. The Hall–Kier alpha value is -1.59. The second kappa shape index (κ2) is 5.50. The highest BCUT2D eigenvalue weighted by Crippen LogP contribution is 2.37. The van der Waals surface area contributed by atoms with Crippen LogP contribution in [0.25, 0.3) is 11.3 Å². The van der Waals surface area contributed by atoms with Gasteiger partial charge in [-0.25, -0.2) is 0 Å². The molecule has 0 saturated carbocycles. The first-order chi connectivity index (χ1) is 10.7. The lowest BCUT2D eigenvalue weighted by Crippen LogP contribution is -2.41. The van der Waals surface area contributed by atoms with Crippen LogP contribution in [0.15, 0.2) is 28.8 Å². The van der Waals surface area contributed by atoms with Crippen LogP contribution in [0.1, 0.15) is 45.9 Å². The predicted octanol–water partition coefficient (Wildman–Crippen LogP) is 3.51. The largest absolute Gasteiger partial charge is 0.500 e. The van der Waals surface area contributed by atoms with Crippen LogP contribution in [0.3, 0.4) is 0 Å².